The molecule has 2 fully saturated rings. The van der Waals surface area contributed by atoms with Gasteiger partial charge in [-0.3, -0.25) is 4.79 Å². The Morgan fingerprint density at radius 3 is 2.29 bits per heavy atom. The van der Waals surface area contributed by atoms with Crippen LogP contribution in [0.1, 0.15) is 55.3 Å². The second kappa shape index (κ2) is 6.08. The molecule has 21 heavy (non-hydrogen) atoms. The number of nitrogens with zero attached hydrogens (tertiary/aromatic N) is 2. The van der Waals surface area contributed by atoms with E-state index < -0.39 is 0 Å². The molecule has 0 N–H and O–H groups in total. The zero-order valence-electron chi connectivity index (χ0n) is 13.2. The van der Waals surface area contributed by atoms with Gasteiger partial charge in [-0.15, -0.1) is 0 Å². The summed E-state index contributed by atoms with van der Waals surface area (Å²) < 4.78 is 0. The molecule has 1 amide bonds. The van der Waals surface area contributed by atoms with E-state index in [2.05, 4.69) is 18.0 Å². The molecule has 2 aliphatic carbocycles. The summed E-state index contributed by atoms with van der Waals surface area (Å²) in [5.41, 5.74) is 1.95. The van der Waals surface area contributed by atoms with E-state index in [1.807, 2.05) is 30.1 Å². The molecule has 1 aromatic rings. The van der Waals surface area contributed by atoms with Gasteiger partial charge >= 0.3 is 0 Å². The molecule has 1 aromatic carbocycles. The molecule has 3 heteroatoms. The molecule has 2 aliphatic rings. The third-order valence-electron chi connectivity index (χ3n) is 5.05. The largest absolute Gasteiger partial charge is 0.371 e. The lowest BCUT2D eigenvalue weighted by Crippen LogP contribution is -2.39. The molecule has 3 rings (SSSR count). The highest BCUT2D eigenvalue weighted by Gasteiger charge is 2.30. The number of carbonyl (C=O) groups excluding carboxylic acids is 1. The number of para-hydroxylation sites is 1. The summed E-state index contributed by atoms with van der Waals surface area (Å²) in [6.45, 7) is 0. The molecule has 0 aromatic heterocycles. The Labute approximate surface area is 127 Å². The average Bonchev–Trinajstić information content (AvgIpc) is 3.38. The third-order valence-corrected chi connectivity index (χ3v) is 5.05. The Hall–Kier alpha value is -1.51. The highest BCUT2D eigenvalue weighted by Crippen LogP contribution is 2.33. The predicted molar refractivity (Wildman–Crippen MR) is 86.8 cm³/mol. The molecule has 0 radical (unpaired) electrons. The van der Waals surface area contributed by atoms with Gasteiger partial charge in [-0.05, 0) is 37.8 Å². The van der Waals surface area contributed by atoms with E-state index in [1.54, 1.807) is 0 Å². The fraction of sp³-hybridized carbons (Fsp3) is 0.611. The van der Waals surface area contributed by atoms with Crippen LogP contribution >= 0.6 is 0 Å². The Bertz CT molecular complexity index is 504. The van der Waals surface area contributed by atoms with Gasteiger partial charge in [0.2, 0.25) is 0 Å². The lowest BCUT2D eigenvalue weighted by atomic mass is 9.94. The second-order valence-corrected chi connectivity index (χ2v) is 6.57. The minimum atomic E-state index is 0.185. The lowest BCUT2D eigenvalue weighted by molar-refractivity contribution is 0.0697. The lowest BCUT2D eigenvalue weighted by Gasteiger charge is -2.32. The van der Waals surface area contributed by atoms with E-state index >= 15 is 0 Å². The minimum Gasteiger partial charge on any atom is -0.371 e. The number of hydrogen-bond donors (Lipinski definition) is 0. The topological polar surface area (TPSA) is 23.6 Å². The van der Waals surface area contributed by atoms with E-state index in [0.29, 0.717) is 12.1 Å². The van der Waals surface area contributed by atoms with Gasteiger partial charge in [0.15, 0.2) is 0 Å². The van der Waals surface area contributed by atoms with Crippen molar-refractivity contribution in [3.8, 4) is 0 Å². The SMILES string of the molecule is CN(C(=O)c1ccccc1N(C)C1CC1)C1CCCCC1. The smallest absolute Gasteiger partial charge is 0.255 e. The zero-order chi connectivity index (χ0) is 14.8. The van der Waals surface area contributed by atoms with Gasteiger partial charge in [-0.2, -0.15) is 0 Å². The Morgan fingerprint density at radius 1 is 0.952 bits per heavy atom. The number of carbonyl (C=O) groups is 1. The van der Waals surface area contributed by atoms with Crippen LogP contribution in [0.2, 0.25) is 0 Å². The zero-order valence-corrected chi connectivity index (χ0v) is 13.2. The second-order valence-electron chi connectivity index (χ2n) is 6.57. The van der Waals surface area contributed by atoms with E-state index in [9.17, 15) is 4.79 Å². The summed E-state index contributed by atoms with van der Waals surface area (Å²) in [6, 6.07) is 9.12. The van der Waals surface area contributed by atoms with Crippen molar-refractivity contribution < 1.29 is 4.79 Å². The molecule has 2 saturated carbocycles. The van der Waals surface area contributed by atoms with Crippen LogP contribution < -0.4 is 4.90 Å². The summed E-state index contributed by atoms with van der Waals surface area (Å²) in [6.07, 6.45) is 8.64. The van der Waals surface area contributed by atoms with Crippen LogP contribution in [0.25, 0.3) is 0 Å². The Balaban J connectivity index is 1.80. The maximum Gasteiger partial charge on any atom is 0.255 e. The van der Waals surface area contributed by atoms with Crippen LogP contribution in [-0.2, 0) is 0 Å². The van der Waals surface area contributed by atoms with Gasteiger partial charge in [0, 0.05) is 31.9 Å². The molecular weight excluding hydrogens is 260 g/mol. The first kappa shape index (κ1) is 14.4. The summed E-state index contributed by atoms with van der Waals surface area (Å²) >= 11 is 0. The van der Waals surface area contributed by atoms with Crippen molar-refractivity contribution in [2.75, 3.05) is 19.0 Å². The minimum absolute atomic E-state index is 0.185. The van der Waals surface area contributed by atoms with Crippen molar-refractivity contribution in [2.24, 2.45) is 0 Å². The van der Waals surface area contributed by atoms with Crippen molar-refractivity contribution in [3.63, 3.8) is 0 Å². The molecule has 0 saturated heterocycles. The van der Waals surface area contributed by atoms with Crippen molar-refractivity contribution in [3.05, 3.63) is 29.8 Å². The van der Waals surface area contributed by atoms with E-state index in [1.165, 1.54) is 32.1 Å². The predicted octanol–water partition coefficient (Wildman–Crippen LogP) is 3.69. The van der Waals surface area contributed by atoms with Crippen LogP contribution in [-0.4, -0.2) is 37.0 Å². The first-order valence-electron chi connectivity index (χ1n) is 8.27. The fourth-order valence-electron chi connectivity index (χ4n) is 3.44. The normalized spacial score (nSPS) is 19.3. The first-order valence-corrected chi connectivity index (χ1v) is 8.27. The monoisotopic (exact) mass is 286 g/mol. The van der Waals surface area contributed by atoms with Crippen molar-refractivity contribution in [1.29, 1.82) is 0 Å². The van der Waals surface area contributed by atoms with Gasteiger partial charge in [0.25, 0.3) is 5.91 Å². The quantitative estimate of drug-likeness (QED) is 0.843. The number of rotatable bonds is 4. The van der Waals surface area contributed by atoms with Gasteiger partial charge < -0.3 is 9.80 Å². The van der Waals surface area contributed by atoms with E-state index in [-0.39, 0.29) is 5.91 Å². The molecule has 0 atom stereocenters. The molecule has 0 bridgehead atoms. The Morgan fingerprint density at radius 2 is 1.62 bits per heavy atom. The van der Waals surface area contributed by atoms with Gasteiger partial charge in [-0.1, -0.05) is 31.4 Å². The van der Waals surface area contributed by atoms with Gasteiger partial charge in [0.1, 0.15) is 0 Å². The van der Waals surface area contributed by atoms with Gasteiger partial charge in [-0.25, -0.2) is 0 Å². The summed E-state index contributed by atoms with van der Waals surface area (Å²) in [7, 11) is 4.09. The maximum absolute atomic E-state index is 12.9. The number of hydrogen-bond acceptors (Lipinski definition) is 2. The van der Waals surface area contributed by atoms with Crippen LogP contribution in [0.3, 0.4) is 0 Å². The van der Waals surface area contributed by atoms with Crippen molar-refractivity contribution in [2.45, 2.75) is 57.0 Å². The van der Waals surface area contributed by atoms with Gasteiger partial charge in [0.05, 0.1) is 5.56 Å². The Kier molecular flexibility index (Phi) is 4.18. The molecule has 0 spiro atoms. The van der Waals surface area contributed by atoms with Crippen LogP contribution in [0.15, 0.2) is 24.3 Å². The molecule has 114 valence electrons. The summed E-state index contributed by atoms with van der Waals surface area (Å²) in [5.74, 6) is 0.185. The van der Waals surface area contributed by atoms with E-state index in [0.717, 1.165) is 24.1 Å². The number of benzene rings is 1. The molecule has 0 unspecified atom stereocenters. The molecular formula is C18H26N2O. The van der Waals surface area contributed by atoms with Crippen molar-refractivity contribution >= 4 is 11.6 Å². The number of amides is 1. The maximum atomic E-state index is 12.9. The highest BCUT2D eigenvalue weighted by atomic mass is 16.2. The first-order chi connectivity index (χ1) is 10.2. The summed E-state index contributed by atoms with van der Waals surface area (Å²) in [5, 5.41) is 0. The highest BCUT2D eigenvalue weighted by molar-refractivity contribution is 6.00. The summed E-state index contributed by atoms with van der Waals surface area (Å²) in [4.78, 5) is 17.2. The van der Waals surface area contributed by atoms with Crippen LogP contribution in [0.4, 0.5) is 5.69 Å². The number of anilines is 1. The average molecular weight is 286 g/mol. The van der Waals surface area contributed by atoms with Crippen LogP contribution in [0, 0.1) is 0 Å². The molecule has 0 heterocycles. The van der Waals surface area contributed by atoms with E-state index in [4.69, 9.17) is 0 Å². The van der Waals surface area contributed by atoms with Crippen LogP contribution in [0.5, 0.6) is 0 Å². The van der Waals surface area contributed by atoms with Crippen molar-refractivity contribution in [1.82, 2.24) is 4.90 Å². The fourth-order valence-corrected chi connectivity index (χ4v) is 3.44. The third kappa shape index (κ3) is 3.07. The molecule has 0 aliphatic heterocycles. The standard InChI is InChI=1S/C18H26N2O/c1-19(15-12-13-15)17-11-7-6-10-16(17)18(21)20(2)14-8-4-3-5-9-14/h6-7,10-11,14-15H,3-5,8-9,12-13H2,1-2H3. The molecule has 3 nitrogen and oxygen atoms in total.